The monoisotopic (exact) mass is 446 g/mol. The second kappa shape index (κ2) is 10.0. The van der Waals surface area contributed by atoms with Crippen molar-refractivity contribution >= 4 is 41.4 Å². The van der Waals surface area contributed by atoms with Crippen molar-refractivity contribution in [2.45, 2.75) is 11.4 Å². The van der Waals surface area contributed by atoms with E-state index in [1.807, 2.05) is 0 Å². The van der Waals surface area contributed by atoms with Gasteiger partial charge in [-0.25, -0.2) is 4.79 Å². The molecule has 2 aliphatic heterocycles. The Morgan fingerprint density at radius 2 is 2.20 bits per heavy atom. The zero-order chi connectivity index (χ0) is 21.1. The Morgan fingerprint density at radius 3 is 2.77 bits per heavy atom. The number of nitrogens with one attached hydrogen (secondary N) is 1. The molecule has 1 unspecified atom stereocenters. The number of primary amides is 1. The van der Waals surface area contributed by atoms with Gasteiger partial charge in [0.2, 0.25) is 5.71 Å². The third-order valence-corrected chi connectivity index (χ3v) is 5.41. The van der Waals surface area contributed by atoms with Crippen molar-refractivity contribution in [3.8, 4) is 0 Å². The molecule has 2 atom stereocenters. The number of amides is 3. The van der Waals surface area contributed by atoms with Crippen LogP contribution in [-0.4, -0.2) is 65.4 Å². The average molecular weight is 446 g/mol. The first-order chi connectivity index (χ1) is 13.8. The van der Waals surface area contributed by atoms with Gasteiger partial charge in [0.1, 0.15) is 25.1 Å². The first kappa shape index (κ1) is 23.8. The number of oxime groups is 1. The predicted molar refractivity (Wildman–Crippen MR) is 94.8 cm³/mol. The Kier molecular flexibility index (Phi) is 7.95. The van der Waals surface area contributed by atoms with Crippen molar-refractivity contribution in [3.63, 3.8) is 0 Å². The van der Waals surface area contributed by atoms with Crippen LogP contribution in [0.5, 0.6) is 0 Å². The number of carbonyl (C=O) groups excluding carboxylic acids is 4. The number of nitrogens with two attached hydrogens (primary N) is 1. The smallest absolute Gasteiger partial charge is 0.543 e. The maximum Gasteiger partial charge on any atom is 1.00 e. The van der Waals surface area contributed by atoms with Gasteiger partial charge in [0.15, 0.2) is 5.76 Å². The van der Waals surface area contributed by atoms with E-state index in [9.17, 15) is 24.3 Å². The van der Waals surface area contributed by atoms with Crippen LogP contribution >= 0.6 is 11.8 Å². The summed E-state index contributed by atoms with van der Waals surface area (Å²) in [4.78, 5) is 53.0. The van der Waals surface area contributed by atoms with E-state index in [1.165, 1.54) is 31.2 Å². The molecule has 0 aromatic carbocycles. The summed E-state index contributed by atoms with van der Waals surface area (Å²) in [7, 11) is 1.25. The van der Waals surface area contributed by atoms with Crippen LogP contribution in [-0.2, 0) is 24.0 Å². The Balaban J connectivity index is 0.00000320. The van der Waals surface area contributed by atoms with Crippen LogP contribution in [0, 0.1) is 0 Å². The molecule has 30 heavy (non-hydrogen) atoms. The van der Waals surface area contributed by atoms with Crippen molar-refractivity contribution in [2.24, 2.45) is 10.9 Å². The van der Waals surface area contributed by atoms with E-state index in [0.717, 1.165) is 4.90 Å². The predicted octanol–water partition coefficient (Wildman–Crippen LogP) is -4.87. The van der Waals surface area contributed by atoms with E-state index in [1.54, 1.807) is 6.07 Å². The molecule has 3 N–H and O–H groups in total. The molecule has 0 bridgehead atoms. The fourth-order valence-corrected chi connectivity index (χ4v) is 4.18. The molecular weight excluding hydrogens is 431 g/mol. The molecule has 14 heteroatoms. The Bertz CT molecular complexity index is 916. The third kappa shape index (κ3) is 4.64. The molecule has 1 fully saturated rings. The summed E-state index contributed by atoms with van der Waals surface area (Å²) in [5, 5.41) is 17.0. The molecule has 1 aromatic heterocycles. The second-order valence-electron chi connectivity index (χ2n) is 5.81. The number of nitrogens with zero attached hydrogens (tertiary/aromatic N) is 2. The van der Waals surface area contributed by atoms with Gasteiger partial charge < -0.3 is 34.9 Å². The summed E-state index contributed by atoms with van der Waals surface area (Å²) >= 11 is 1.18. The number of carbonyl (C=O) groups is 4. The molecule has 0 saturated carbocycles. The van der Waals surface area contributed by atoms with Crippen molar-refractivity contribution in [1.82, 2.24) is 10.2 Å². The minimum absolute atomic E-state index is 0. The molecule has 2 aliphatic rings. The quantitative estimate of drug-likeness (QED) is 0.180. The zero-order valence-electron chi connectivity index (χ0n) is 15.9. The van der Waals surface area contributed by atoms with Gasteiger partial charge in [-0.3, -0.25) is 14.5 Å². The number of ether oxygens (including phenoxy) is 1. The number of aliphatic carboxylic acids is 1. The average Bonchev–Trinajstić information content (AvgIpc) is 3.21. The van der Waals surface area contributed by atoms with E-state index in [0.29, 0.717) is 0 Å². The fraction of sp³-hybridized carbons (Fsp3) is 0.312. The van der Waals surface area contributed by atoms with Crippen LogP contribution in [0.15, 0.2) is 39.2 Å². The SMILES string of the molecule is CON=C(C(=O)NC1C(=O)N2C(C(=O)[O-])=C(COC(N)=O)CS[C@H]12)c1ccco1.[Na+]. The number of thioether (sulfide) groups is 1. The summed E-state index contributed by atoms with van der Waals surface area (Å²) in [6.45, 7) is -0.387. The number of carboxylic acid groups (broad SMARTS) is 1. The zero-order valence-corrected chi connectivity index (χ0v) is 18.8. The molecule has 0 spiro atoms. The molecule has 1 aromatic rings. The summed E-state index contributed by atoms with van der Waals surface area (Å²) < 4.78 is 9.75. The van der Waals surface area contributed by atoms with Gasteiger partial charge in [-0.1, -0.05) is 5.16 Å². The summed E-state index contributed by atoms with van der Waals surface area (Å²) in [5.41, 5.74) is 4.48. The number of β-lactam (4-membered cyclic amide) rings is 1. The molecule has 0 radical (unpaired) electrons. The van der Waals surface area contributed by atoms with E-state index in [2.05, 4.69) is 20.0 Å². The summed E-state index contributed by atoms with van der Waals surface area (Å²) in [5.74, 6) is -2.74. The standard InChI is InChI=1S/C16H16N4O8S.Na/c1-26-19-9(8-3-2-4-27-8)12(21)18-10-13(22)20-11(15(23)24)7(5-28-16(17)25)6-29-14(10)20;/h2-4,10,14H,5-6H2,1H3,(H2,17,25)(H,18,21)(H,23,24);/q;+1/p-1/t10?,14-;/m1./s1. The molecular formula is C16H15N4NaO8S. The third-order valence-electron chi connectivity index (χ3n) is 4.07. The van der Waals surface area contributed by atoms with Crippen molar-refractivity contribution in [3.05, 3.63) is 35.4 Å². The van der Waals surface area contributed by atoms with Gasteiger partial charge in [0.05, 0.1) is 17.9 Å². The van der Waals surface area contributed by atoms with Crippen molar-refractivity contribution in [1.29, 1.82) is 0 Å². The van der Waals surface area contributed by atoms with Crippen LogP contribution in [0.3, 0.4) is 0 Å². The minimum atomic E-state index is -1.60. The van der Waals surface area contributed by atoms with E-state index in [4.69, 9.17) is 10.2 Å². The van der Waals surface area contributed by atoms with Gasteiger partial charge >= 0.3 is 35.7 Å². The Labute approximate surface area is 196 Å². The maximum absolute atomic E-state index is 12.5. The number of hydrogen-bond acceptors (Lipinski definition) is 10. The molecule has 3 amide bonds. The van der Waals surface area contributed by atoms with Crippen LogP contribution < -0.4 is 45.7 Å². The van der Waals surface area contributed by atoms with Gasteiger partial charge in [0.25, 0.3) is 11.8 Å². The Hall–Kier alpha value is -2.48. The molecule has 0 aliphatic carbocycles. The molecule has 3 heterocycles. The number of rotatable bonds is 7. The van der Waals surface area contributed by atoms with Gasteiger partial charge in [-0.2, -0.15) is 0 Å². The largest absolute Gasteiger partial charge is 1.00 e. The molecule has 154 valence electrons. The second-order valence-corrected chi connectivity index (χ2v) is 6.91. The number of fused-ring (bicyclic) bond motifs is 1. The van der Waals surface area contributed by atoms with Crippen molar-refractivity contribution < 1.29 is 67.8 Å². The number of carboxylic acids is 1. The van der Waals surface area contributed by atoms with E-state index < -0.39 is 41.0 Å². The van der Waals surface area contributed by atoms with Gasteiger partial charge in [0, 0.05) is 11.3 Å². The molecule has 1 saturated heterocycles. The first-order valence-electron chi connectivity index (χ1n) is 8.11. The molecule has 12 nitrogen and oxygen atoms in total. The van der Waals surface area contributed by atoms with E-state index in [-0.39, 0.29) is 59.0 Å². The topological polar surface area (TPSA) is 177 Å². The number of furan rings is 1. The van der Waals surface area contributed by atoms with Crippen LogP contribution in [0.25, 0.3) is 0 Å². The first-order valence-corrected chi connectivity index (χ1v) is 9.16. The summed E-state index contributed by atoms with van der Waals surface area (Å²) in [6.07, 6.45) is 0.262. The fourth-order valence-electron chi connectivity index (χ4n) is 2.85. The van der Waals surface area contributed by atoms with E-state index >= 15 is 0 Å². The minimum Gasteiger partial charge on any atom is -0.543 e. The van der Waals surface area contributed by atoms with Crippen LogP contribution in [0.1, 0.15) is 5.76 Å². The normalized spacial score (nSPS) is 20.5. The number of hydrogen-bond donors (Lipinski definition) is 2. The van der Waals surface area contributed by atoms with Crippen LogP contribution in [0.4, 0.5) is 4.79 Å². The van der Waals surface area contributed by atoms with Gasteiger partial charge in [-0.15, -0.1) is 11.8 Å². The Morgan fingerprint density at radius 1 is 1.47 bits per heavy atom. The van der Waals surface area contributed by atoms with Crippen molar-refractivity contribution in [2.75, 3.05) is 19.5 Å². The maximum atomic E-state index is 12.5. The van der Waals surface area contributed by atoms with Crippen LogP contribution in [0.2, 0.25) is 0 Å². The summed E-state index contributed by atoms with van der Waals surface area (Å²) in [6, 6.07) is 2.04. The van der Waals surface area contributed by atoms with Gasteiger partial charge in [-0.05, 0) is 12.1 Å². The molecule has 3 rings (SSSR count).